The predicted octanol–water partition coefficient (Wildman–Crippen LogP) is 5.29. The molecular formula is C21H43N2. The topological polar surface area (TPSA) is 15.3 Å². The summed E-state index contributed by atoms with van der Waals surface area (Å²) in [5, 5.41) is 3.83. The van der Waals surface area contributed by atoms with Gasteiger partial charge in [0.2, 0.25) is 0 Å². The van der Waals surface area contributed by atoms with Crippen molar-refractivity contribution in [3.63, 3.8) is 0 Å². The third-order valence-corrected chi connectivity index (χ3v) is 5.30. The second-order valence-corrected chi connectivity index (χ2v) is 8.37. The SMILES string of the molecule is [CH2]CC(C1CCCCCN1)N(CCCCC(C)C)CCC(C)C. The zero-order chi connectivity index (χ0) is 17.1. The van der Waals surface area contributed by atoms with Gasteiger partial charge in [0.25, 0.3) is 0 Å². The van der Waals surface area contributed by atoms with E-state index in [9.17, 15) is 0 Å². The van der Waals surface area contributed by atoms with Crippen molar-refractivity contribution in [1.29, 1.82) is 0 Å². The monoisotopic (exact) mass is 323 g/mol. The van der Waals surface area contributed by atoms with Crippen LogP contribution in [-0.2, 0) is 0 Å². The van der Waals surface area contributed by atoms with Gasteiger partial charge in [0, 0.05) is 12.1 Å². The lowest BCUT2D eigenvalue weighted by atomic mass is 9.97. The average molecular weight is 324 g/mol. The molecule has 0 aromatic heterocycles. The smallest absolute Gasteiger partial charge is 0.0249 e. The second-order valence-electron chi connectivity index (χ2n) is 8.37. The van der Waals surface area contributed by atoms with E-state index in [0.29, 0.717) is 12.1 Å². The summed E-state index contributed by atoms with van der Waals surface area (Å²) in [4.78, 5) is 2.77. The molecule has 1 rings (SSSR count). The average Bonchev–Trinajstić information content (AvgIpc) is 2.77. The molecule has 1 radical (unpaired) electrons. The van der Waals surface area contributed by atoms with Gasteiger partial charge < -0.3 is 5.32 Å². The first-order valence-electron chi connectivity index (χ1n) is 10.3. The maximum atomic E-state index is 4.31. The van der Waals surface area contributed by atoms with E-state index < -0.39 is 0 Å². The summed E-state index contributed by atoms with van der Waals surface area (Å²) in [5.74, 6) is 1.63. The lowest BCUT2D eigenvalue weighted by Gasteiger charge is -2.37. The fourth-order valence-electron chi connectivity index (χ4n) is 3.76. The molecule has 1 saturated heterocycles. The minimum Gasteiger partial charge on any atom is -0.312 e. The van der Waals surface area contributed by atoms with E-state index in [-0.39, 0.29) is 0 Å². The first-order valence-corrected chi connectivity index (χ1v) is 10.3. The Morgan fingerprint density at radius 1 is 0.957 bits per heavy atom. The molecule has 1 N–H and O–H groups in total. The van der Waals surface area contributed by atoms with Crippen molar-refractivity contribution in [1.82, 2.24) is 10.2 Å². The first kappa shape index (κ1) is 21.0. The summed E-state index contributed by atoms with van der Waals surface area (Å²) in [6.45, 7) is 17.4. The zero-order valence-electron chi connectivity index (χ0n) is 16.4. The third kappa shape index (κ3) is 9.10. The zero-order valence-corrected chi connectivity index (χ0v) is 16.4. The van der Waals surface area contributed by atoms with E-state index in [0.717, 1.165) is 18.3 Å². The van der Waals surface area contributed by atoms with Crippen molar-refractivity contribution in [2.45, 2.75) is 97.6 Å². The van der Waals surface area contributed by atoms with Gasteiger partial charge in [-0.2, -0.15) is 0 Å². The Balaban J connectivity index is 2.57. The lowest BCUT2D eigenvalue weighted by Crippen LogP contribution is -2.50. The number of rotatable bonds is 11. The van der Waals surface area contributed by atoms with Gasteiger partial charge in [0.1, 0.15) is 0 Å². The first-order chi connectivity index (χ1) is 11.0. The standard InChI is InChI=1S/C21H43N2/c1-6-21(20-13-8-7-10-15-22-20)23(17-14-19(4)5)16-11-9-12-18(2)3/h18-22H,1,6-17H2,2-5H3. The number of nitrogens with zero attached hydrogens (tertiary/aromatic N) is 1. The highest BCUT2D eigenvalue weighted by Gasteiger charge is 2.26. The molecule has 23 heavy (non-hydrogen) atoms. The van der Waals surface area contributed by atoms with Crippen LogP contribution in [0.25, 0.3) is 0 Å². The van der Waals surface area contributed by atoms with Crippen LogP contribution in [0.1, 0.15) is 85.5 Å². The summed E-state index contributed by atoms with van der Waals surface area (Å²) in [6, 6.07) is 1.29. The highest BCUT2D eigenvalue weighted by atomic mass is 15.2. The van der Waals surface area contributed by atoms with Gasteiger partial charge in [-0.25, -0.2) is 0 Å². The van der Waals surface area contributed by atoms with Crippen molar-refractivity contribution in [3.8, 4) is 0 Å². The largest absolute Gasteiger partial charge is 0.312 e. The van der Waals surface area contributed by atoms with Crippen molar-refractivity contribution in [2.24, 2.45) is 11.8 Å². The number of hydrogen-bond acceptors (Lipinski definition) is 2. The van der Waals surface area contributed by atoms with Crippen molar-refractivity contribution < 1.29 is 0 Å². The molecule has 0 saturated carbocycles. The Morgan fingerprint density at radius 2 is 1.70 bits per heavy atom. The molecule has 0 aromatic rings. The molecule has 137 valence electrons. The Kier molecular flexibility index (Phi) is 11.2. The quantitative estimate of drug-likeness (QED) is 0.520. The molecule has 0 aromatic carbocycles. The second kappa shape index (κ2) is 12.3. The van der Waals surface area contributed by atoms with E-state index >= 15 is 0 Å². The highest BCUT2D eigenvalue weighted by Crippen LogP contribution is 2.20. The molecule has 1 fully saturated rings. The molecule has 2 nitrogen and oxygen atoms in total. The van der Waals surface area contributed by atoms with Crippen LogP contribution < -0.4 is 5.32 Å². The normalized spacial score (nSPS) is 21.1. The Morgan fingerprint density at radius 3 is 2.35 bits per heavy atom. The molecular weight excluding hydrogens is 280 g/mol. The van der Waals surface area contributed by atoms with Crippen molar-refractivity contribution in [2.75, 3.05) is 19.6 Å². The van der Waals surface area contributed by atoms with Gasteiger partial charge in [0.05, 0.1) is 0 Å². The number of nitrogens with one attached hydrogen (secondary N) is 1. The summed E-state index contributed by atoms with van der Waals surface area (Å²) >= 11 is 0. The Labute approximate surface area is 146 Å². The minimum absolute atomic E-state index is 0.630. The molecule has 0 spiro atoms. The molecule has 0 aliphatic carbocycles. The third-order valence-electron chi connectivity index (χ3n) is 5.30. The van der Waals surface area contributed by atoms with E-state index in [1.165, 1.54) is 71.0 Å². The lowest BCUT2D eigenvalue weighted by molar-refractivity contribution is 0.143. The fourth-order valence-corrected chi connectivity index (χ4v) is 3.76. The van der Waals surface area contributed by atoms with Gasteiger partial charge in [-0.05, 0) is 63.6 Å². The van der Waals surface area contributed by atoms with Crippen LogP contribution in [0, 0.1) is 18.8 Å². The molecule has 0 amide bonds. The van der Waals surface area contributed by atoms with Gasteiger partial charge in [-0.1, -0.05) is 60.3 Å². The summed E-state index contributed by atoms with van der Waals surface area (Å²) in [6.07, 6.45) is 11.9. The van der Waals surface area contributed by atoms with Crippen LogP contribution in [0.15, 0.2) is 0 Å². The van der Waals surface area contributed by atoms with Crippen LogP contribution in [0.2, 0.25) is 0 Å². The maximum absolute atomic E-state index is 4.31. The van der Waals surface area contributed by atoms with Crippen LogP contribution in [0.3, 0.4) is 0 Å². The molecule has 2 unspecified atom stereocenters. The van der Waals surface area contributed by atoms with E-state index in [4.69, 9.17) is 0 Å². The van der Waals surface area contributed by atoms with Crippen LogP contribution >= 0.6 is 0 Å². The molecule has 2 atom stereocenters. The van der Waals surface area contributed by atoms with Crippen LogP contribution in [0.4, 0.5) is 0 Å². The molecule has 1 heterocycles. The summed E-state index contributed by atoms with van der Waals surface area (Å²) in [7, 11) is 0. The molecule has 1 aliphatic heterocycles. The van der Waals surface area contributed by atoms with Crippen molar-refractivity contribution in [3.05, 3.63) is 6.92 Å². The highest BCUT2D eigenvalue weighted by molar-refractivity contribution is 4.87. The number of unbranched alkanes of at least 4 members (excludes halogenated alkanes) is 1. The van der Waals surface area contributed by atoms with Gasteiger partial charge >= 0.3 is 0 Å². The van der Waals surface area contributed by atoms with Gasteiger partial charge in [-0.3, -0.25) is 4.90 Å². The van der Waals surface area contributed by atoms with Crippen molar-refractivity contribution >= 4 is 0 Å². The summed E-state index contributed by atoms with van der Waals surface area (Å²) < 4.78 is 0. The Hall–Kier alpha value is -0.0800. The van der Waals surface area contributed by atoms with Crippen LogP contribution in [-0.4, -0.2) is 36.6 Å². The van der Waals surface area contributed by atoms with E-state index in [1.54, 1.807) is 0 Å². The molecule has 2 heteroatoms. The molecule has 0 bridgehead atoms. The van der Waals surface area contributed by atoms with Crippen LogP contribution in [0.5, 0.6) is 0 Å². The number of hydrogen-bond donors (Lipinski definition) is 1. The summed E-state index contributed by atoms with van der Waals surface area (Å²) in [5.41, 5.74) is 0. The predicted molar refractivity (Wildman–Crippen MR) is 104 cm³/mol. The molecule has 1 aliphatic rings. The van der Waals surface area contributed by atoms with E-state index in [1.807, 2.05) is 0 Å². The maximum Gasteiger partial charge on any atom is 0.0249 e. The van der Waals surface area contributed by atoms with Gasteiger partial charge in [-0.15, -0.1) is 0 Å². The Bertz CT molecular complexity index is 267. The van der Waals surface area contributed by atoms with E-state index in [2.05, 4.69) is 44.8 Å². The van der Waals surface area contributed by atoms with Gasteiger partial charge in [0.15, 0.2) is 0 Å². The minimum atomic E-state index is 0.630. The fraction of sp³-hybridized carbons (Fsp3) is 0.952.